The summed E-state index contributed by atoms with van der Waals surface area (Å²) >= 11 is 12.0. The molecule has 1 heterocycles. The van der Waals surface area contributed by atoms with Gasteiger partial charge in [0.15, 0.2) is 5.78 Å². The zero-order chi connectivity index (χ0) is 18.8. The van der Waals surface area contributed by atoms with E-state index in [-0.39, 0.29) is 22.7 Å². The summed E-state index contributed by atoms with van der Waals surface area (Å²) in [6.07, 6.45) is 1.27. The summed E-state index contributed by atoms with van der Waals surface area (Å²) in [5.41, 5.74) is 0.985. The zero-order valence-corrected chi connectivity index (χ0v) is 15.1. The third-order valence-electron chi connectivity index (χ3n) is 3.73. The van der Waals surface area contributed by atoms with Gasteiger partial charge in [0.1, 0.15) is 6.54 Å². The molecule has 0 unspecified atom stereocenters. The molecule has 8 heteroatoms. The molecule has 132 valence electrons. The van der Waals surface area contributed by atoms with Gasteiger partial charge in [-0.3, -0.25) is 19.0 Å². The first kappa shape index (κ1) is 18.1. The number of benzene rings is 2. The molecule has 0 spiro atoms. The molecule has 1 N–H and O–H groups in total. The minimum Gasteiger partial charge on any atom is -0.325 e. The Labute approximate surface area is 158 Å². The summed E-state index contributed by atoms with van der Waals surface area (Å²) in [5, 5.41) is 3.49. The zero-order valence-electron chi connectivity index (χ0n) is 13.6. The lowest BCUT2D eigenvalue weighted by Gasteiger charge is -2.09. The molecule has 1 aromatic heterocycles. The van der Waals surface area contributed by atoms with Crippen LogP contribution in [-0.2, 0) is 11.3 Å². The van der Waals surface area contributed by atoms with Crippen molar-refractivity contribution in [3.63, 3.8) is 0 Å². The van der Waals surface area contributed by atoms with E-state index in [0.29, 0.717) is 21.8 Å². The highest BCUT2D eigenvalue weighted by atomic mass is 35.5. The highest BCUT2D eigenvalue weighted by Crippen LogP contribution is 2.23. The summed E-state index contributed by atoms with van der Waals surface area (Å²) in [7, 11) is 0. The number of halogens is 2. The molecule has 1 amide bonds. The van der Waals surface area contributed by atoms with Crippen molar-refractivity contribution in [3.8, 4) is 0 Å². The van der Waals surface area contributed by atoms with E-state index < -0.39 is 11.5 Å². The Hall–Kier alpha value is -2.70. The Kier molecular flexibility index (Phi) is 5.06. The Morgan fingerprint density at radius 1 is 1.15 bits per heavy atom. The van der Waals surface area contributed by atoms with Crippen LogP contribution in [0.15, 0.2) is 47.5 Å². The molecule has 0 radical (unpaired) electrons. The molecule has 0 fully saturated rings. The third-order valence-corrected chi connectivity index (χ3v) is 4.24. The van der Waals surface area contributed by atoms with Gasteiger partial charge < -0.3 is 5.32 Å². The molecule has 0 atom stereocenters. The van der Waals surface area contributed by atoms with Crippen molar-refractivity contribution in [2.75, 3.05) is 5.32 Å². The maximum atomic E-state index is 12.5. The number of fused-ring (bicyclic) bond motifs is 1. The van der Waals surface area contributed by atoms with Crippen LogP contribution in [0.3, 0.4) is 0 Å². The van der Waals surface area contributed by atoms with Crippen LogP contribution in [0.5, 0.6) is 0 Å². The second-order valence-electron chi connectivity index (χ2n) is 5.64. The number of nitrogens with zero attached hydrogens (tertiary/aromatic N) is 2. The van der Waals surface area contributed by atoms with E-state index >= 15 is 0 Å². The number of aromatic nitrogens is 2. The van der Waals surface area contributed by atoms with Crippen molar-refractivity contribution in [1.82, 2.24) is 9.55 Å². The van der Waals surface area contributed by atoms with Gasteiger partial charge in [0, 0.05) is 16.3 Å². The van der Waals surface area contributed by atoms with Crippen LogP contribution in [-0.4, -0.2) is 21.2 Å². The molecule has 0 aliphatic rings. The van der Waals surface area contributed by atoms with Gasteiger partial charge in [-0.2, -0.15) is 0 Å². The predicted molar refractivity (Wildman–Crippen MR) is 101 cm³/mol. The monoisotopic (exact) mass is 389 g/mol. The fourth-order valence-electron chi connectivity index (χ4n) is 2.45. The van der Waals surface area contributed by atoms with Gasteiger partial charge >= 0.3 is 0 Å². The molecule has 26 heavy (non-hydrogen) atoms. The van der Waals surface area contributed by atoms with E-state index in [1.54, 1.807) is 24.3 Å². The van der Waals surface area contributed by atoms with Crippen molar-refractivity contribution >= 4 is 51.5 Å². The average molecular weight is 390 g/mol. The SMILES string of the molecule is CC(=O)c1ccc(NC(=O)Cn2cnc3c(Cl)cc(Cl)cc3c2=O)cc1. The molecule has 3 rings (SSSR count). The molecule has 0 saturated carbocycles. The molecule has 0 bridgehead atoms. The standard InChI is InChI=1S/C18H13Cl2N3O3/c1-10(24)11-2-4-13(5-3-11)22-16(25)8-23-9-21-17-14(18(23)26)6-12(19)7-15(17)20/h2-7,9H,8H2,1H3,(H,22,25). The van der Waals surface area contributed by atoms with E-state index in [1.165, 1.54) is 30.0 Å². The van der Waals surface area contributed by atoms with Gasteiger partial charge in [-0.15, -0.1) is 0 Å². The smallest absolute Gasteiger partial charge is 0.261 e. The van der Waals surface area contributed by atoms with E-state index in [2.05, 4.69) is 10.3 Å². The number of hydrogen-bond acceptors (Lipinski definition) is 4. The summed E-state index contributed by atoms with van der Waals surface area (Å²) in [5.74, 6) is -0.467. The number of amides is 1. The summed E-state index contributed by atoms with van der Waals surface area (Å²) in [4.78, 5) is 40.1. The number of carbonyl (C=O) groups is 2. The van der Waals surface area contributed by atoms with Gasteiger partial charge in [-0.25, -0.2) is 4.98 Å². The van der Waals surface area contributed by atoms with E-state index in [1.807, 2.05) is 0 Å². The van der Waals surface area contributed by atoms with Crippen LogP contribution < -0.4 is 10.9 Å². The lowest BCUT2D eigenvalue weighted by Crippen LogP contribution is -2.28. The molecule has 6 nitrogen and oxygen atoms in total. The van der Waals surface area contributed by atoms with E-state index in [0.717, 1.165) is 0 Å². The highest BCUT2D eigenvalue weighted by Gasteiger charge is 2.11. The molecular formula is C18H13Cl2N3O3. The van der Waals surface area contributed by atoms with Crippen LogP contribution in [0.1, 0.15) is 17.3 Å². The normalized spacial score (nSPS) is 10.7. The van der Waals surface area contributed by atoms with Gasteiger partial charge in [-0.1, -0.05) is 23.2 Å². The van der Waals surface area contributed by atoms with Gasteiger partial charge in [0.05, 0.1) is 22.3 Å². The molecule has 0 aliphatic heterocycles. The number of carbonyl (C=O) groups excluding carboxylic acids is 2. The first-order valence-corrected chi connectivity index (χ1v) is 8.36. The van der Waals surface area contributed by atoms with Crippen molar-refractivity contribution in [2.45, 2.75) is 13.5 Å². The number of hydrogen-bond donors (Lipinski definition) is 1. The van der Waals surface area contributed by atoms with Crippen LogP contribution >= 0.6 is 23.2 Å². The van der Waals surface area contributed by atoms with Crippen molar-refractivity contribution < 1.29 is 9.59 Å². The number of nitrogens with one attached hydrogen (secondary N) is 1. The Bertz CT molecular complexity index is 1080. The Morgan fingerprint density at radius 2 is 1.85 bits per heavy atom. The largest absolute Gasteiger partial charge is 0.325 e. The second kappa shape index (κ2) is 7.27. The number of ketones is 1. The number of rotatable bonds is 4. The third kappa shape index (κ3) is 3.76. The lowest BCUT2D eigenvalue weighted by molar-refractivity contribution is -0.116. The van der Waals surface area contributed by atoms with Crippen LogP contribution in [0, 0.1) is 0 Å². The molecule has 2 aromatic carbocycles. The lowest BCUT2D eigenvalue weighted by atomic mass is 10.1. The Morgan fingerprint density at radius 3 is 2.50 bits per heavy atom. The minimum absolute atomic E-state index is 0.0611. The van der Waals surface area contributed by atoms with Gasteiger partial charge in [0.2, 0.25) is 5.91 Å². The summed E-state index contributed by atoms with van der Waals surface area (Å²) in [6.45, 7) is 1.24. The quantitative estimate of drug-likeness (QED) is 0.691. The van der Waals surface area contributed by atoms with Gasteiger partial charge in [0.25, 0.3) is 5.56 Å². The number of anilines is 1. The van der Waals surface area contributed by atoms with Crippen LogP contribution in [0.25, 0.3) is 10.9 Å². The number of Topliss-reactive ketones (excluding diaryl/α,β-unsaturated/α-hetero) is 1. The fourth-order valence-corrected chi connectivity index (χ4v) is 2.99. The Balaban J connectivity index is 1.82. The minimum atomic E-state index is -0.415. The fraction of sp³-hybridized carbons (Fsp3) is 0.111. The van der Waals surface area contributed by atoms with Crippen molar-refractivity contribution in [3.05, 3.63) is 68.7 Å². The molecular weight excluding hydrogens is 377 g/mol. The first-order chi connectivity index (χ1) is 12.3. The first-order valence-electron chi connectivity index (χ1n) is 7.60. The summed E-state index contributed by atoms with van der Waals surface area (Å²) < 4.78 is 1.17. The van der Waals surface area contributed by atoms with Crippen LogP contribution in [0.2, 0.25) is 10.0 Å². The van der Waals surface area contributed by atoms with Crippen molar-refractivity contribution in [2.24, 2.45) is 0 Å². The summed E-state index contributed by atoms with van der Waals surface area (Å²) in [6, 6.07) is 9.44. The topological polar surface area (TPSA) is 81.1 Å². The van der Waals surface area contributed by atoms with E-state index in [9.17, 15) is 14.4 Å². The maximum absolute atomic E-state index is 12.5. The predicted octanol–water partition coefficient (Wildman–Crippen LogP) is 3.54. The van der Waals surface area contributed by atoms with Crippen LogP contribution in [0.4, 0.5) is 5.69 Å². The van der Waals surface area contributed by atoms with Gasteiger partial charge in [-0.05, 0) is 43.3 Å². The van der Waals surface area contributed by atoms with E-state index in [4.69, 9.17) is 23.2 Å². The molecule has 0 saturated heterocycles. The average Bonchev–Trinajstić information content (AvgIpc) is 2.58. The highest BCUT2D eigenvalue weighted by molar-refractivity contribution is 6.38. The molecule has 0 aliphatic carbocycles. The van der Waals surface area contributed by atoms with Crippen molar-refractivity contribution in [1.29, 1.82) is 0 Å². The second-order valence-corrected chi connectivity index (χ2v) is 6.49. The molecule has 3 aromatic rings. The maximum Gasteiger partial charge on any atom is 0.261 e.